The minimum absolute atomic E-state index is 0.0235. The summed E-state index contributed by atoms with van der Waals surface area (Å²) in [5.41, 5.74) is 1.50. The molecule has 5 rings (SSSR count). The smallest absolute Gasteiger partial charge is 0.264 e. The van der Waals surface area contributed by atoms with Gasteiger partial charge in [0.05, 0.1) is 9.88 Å². The van der Waals surface area contributed by atoms with Gasteiger partial charge in [-0.25, -0.2) is 0 Å². The molecule has 1 N–H and O–H groups in total. The van der Waals surface area contributed by atoms with Crippen molar-refractivity contribution in [3.05, 3.63) is 40.3 Å². The molecule has 2 aliphatic heterocycles. The molecule has 1 aromatic heterocycles. The van der Waals surface area contributed by atoms with Gasteiger partial charge in [0.15, 0.2) is 17.3 Å². The minimum Gasteiger partial charge on any atom is -0.486 e. The molecule has 8 heteroatoms. The lowest BCUT2D eigenvalue weighted by atomic mass is 9.88. The Hall–Kier alpha value is -2.87. The number of hydrogen-bond donors (Lipinski definition) is 1. The number of carbonyl (C=O) groups is 3. The maximum Gasteiger partial charge on any atom is 0.264 e. The highest BCUT2D eigenvalue weighted by atomic mass is 32.1. The van der Waals surface area contributed by atoms with E-state index < -0.39 is 0 Å². The number of ether oxygens (including phenoxy) is 2. The van der Waals surface area contributed by atoms with Crippen LogP contribution in [0, 0.1) is 18.8 Å². The molecule has 3 aliphatic rings. The summed E-state index contributed by atoms with van der Waals surface area (Å²) in [7, 11) is 0. The number of Topliss-reactive ketones (excluding diaryl/α,β-unsaturated/α-hetero) is 1. The van der Waals surface area contributed by atoms with Crippen molar-refractivity contribution >= 4 is 33.9 Å². The third-order valence-corrected chi connectivity index (χ3v) is 7.43. The molecule has 0 radical (unpaired) electrons. The van der Waals surface area contributed by atoms with Crippen LogP contribution in [0.2, 0.25) is 0 Å². The Labute approximate surface area is 190 Å². The van der Waals surface area contributed by atoms with Crippen molar-refractivity contribution in [2.24, 2.45) is 11.8 Å². The van der Waals surface area contributed by atoms with Crippen LogP contribution in [0.1, 0.15) is 51.3 Å². The molecule has 7 nitrogen and oxygen atoms in total. The summed E-state index contributed by atoms with van der Waals surface area (Å²) in [5, 5.41) is 3.66. The highest BCUT2D eigenvalue weighted by Gasteiger charge is 2.32. The summed E-state index contributed by atoms with van der Waals surface area (Å²) in [6, 6.07) is 7.22. The van der Waals surface area contributed by atoms with Gasteiger partial charge in [-0.3, -0.25) is 14.4 Å². The zero-order valence-corrected chi connectivity index (χ0v) is 18.8. The van der Waals surface area contributed by atoms with Crippen molar-refractivity contribution in [2.75, 3.05) is 31.6 Å². The Morgan fingerprint density at radius 2 is 1.69 bits per heavy atom. The number of fused-ring (bicyclic) bond motifs is 1. The van der Waals surface area contributed by atoms with Gasteiger partial charge in [-0.05, 0) is 62.4 Å². The van der Waals surface area contributed by atoms with E-state index >= 15 is 0 Å². The van der Waals surface area contributed by atoms with E-state index in [0.717, 1.165) is 23.4 Å². The average Bonchev–Trinajstić information content (AvgIpc) is 3.61. The number of piperidine rings is 1. The maximum atomic E-state index is 13.1. The molecule has 2 aromatic rings. The first-order chi connectivity index (χ1) is 15.5. The number of thiophene rings is 1. The molecular formula is C24H26N2O5S. The molecule has 1 aliphatic carbocycles. The van der Waals surface area contributed by atoms with Gasteiger partial charge in [-0.2, -0.15) is 0 Å². The Balaban J connectivity index is 1.20. The second-order valence-corrected chi connectivity index (χ2v) is 9.73. The van der Waals surface area contributed by atoms with E-state index in [-0.39, 0.29) is 29.4 Å². The normalized spacial score (nSPS) is 18.3. The summed E-state index contributed by atoms with van der Waals surface area (Å²) in [4.78, 5) is 40.6. The van der Waals surface area contributed by atoms with E-state index in [1.807, 2.05) is 17.9 Å². The second kappa shape index (κ2) is 8.58. The lowest BCUT2D eigenvalue weighted by Crippen LogP contribution is -2.40. The molecule has 1 aromatic carbocycles. The number of rotatable bonds is 5. The molecule has 168 valence electrons. The summed E-state index contributed by atoms with van der Waals surface area (Å²) in [5.74, 6) is 1.42. The van der Waals surface area contributed by atoms with Crippen LogP contribution >= 0.6 is 11.3 Å². The lowest BCUT2D eigenvalue weighted by molar-refractivity contribution is -0.117. The number of benzene rings is 1. The van der Waals surface area contributed by atoms with Crippen LogP contribution < -0.4 is 14.8 Å². The number of likely N-dealkylation sites (tertiary alicyclic amines) is 1. The number of aryl methyl sites for hydroxylation is 1. The summed E-state index contributed by atoms with van der Waals surface area (Å²) < 4.78 is 11.1. The van der Waals surface area contributed by atoms with Gasteiger partial charge in [0.1, 0.15) is 13.2 Å². The SMILES string of the molecule is Cc1cc(NC(=O)C2CC2)sc1C(=O)N1CCC(C(=O)c2ccc3c(c2)OCCO3)CC1. The summed E-state index contributed by atoms with van der Waals surface area (Å²) >= 11 is 1.34. The predicted octanol–water partition coefficient (Wildman–Crippen LogP) is 3.91. The van der Waals surface area contributed by atoms with E-state index in [1.165, 1.54) is 11.3 Å². The molecule has 0 atom stereocenters. The highest BCUT2D eigenvalue weighted by molar-refractivity contribution is 7.18. The van der Waals surface area contributed by atoms with Gasteiger partial charge in [0, 0.05) is 30.5 Å². The molecule has 0 bridgehead atoms. The monoisotopic (exact) mass is 454 g/mol. The molecule has 1 saturated carbocycles. The van der Waals surface area contributed by atoms with E-state index in [0.29, 0.717) is 61.1 Å². The molecule has 0 unspecified atom stereocenters. The van der Waals surface area contributed by atoms with Crippen LogP contribution in [-0.4, -0.2) is 48.8 Å². The molecule has 32 heavy (non-hydrogen) atoms. The zero-order valence-electron chi connectivity index (χ0n) is 18.0. The Morgan fingerprint density at radius 1 is 0.969 bits per heavy atom. The number of nitrogens with one attached hydrogen (secondary N) is 1. The summed E-state index contributed by atoms with van der Waals surface area (Å²) in [6.07, 6.45) is 3.16. The first kappa shape index (κ1) is 21.0. The number of nitrogens with zero attached hydrogens (tertiary/aromatic N) is 1. The van der Waals surface area contributed by atoms with Crippen LogP contribution in [-0.2, 0) is 4.79 Å². The van der Waals surface area contributed by atoms with Crippen LogP contribution in [0.5, 0.6) is 11.5 Å². The Morgan fingerprint density at radius 3 is 2.41 bits per heavy atom. The van der Waals surface area contributed by atoms with Gasteiger partial charge >= 0.3 is 0 Å². The van der Waals surface area contributed by atoms with Crippen molar-refractivity contribution in [1.29, 1.82) is 0 Å². The highest BCUT2D eigenvalue weighted by Crippen LogP contribution is 2.35. The van der Waals surface area contributed by atoms with Gasteiger partial charge in [0.25, 0.3) is 5.91 Å². The number of amides is 2. The summed E-state index contributed by atoms with van der Waals surface area (Å²) in [6.45, 7) is 3.99. The predicted molar refractivity (Wildman–Crippen MR) is 121 cm³/mol. The van der Waals surface area contributed by atoms with Gasteiger partial charge < -0.3 is 19.7 Å². The van der Waals surface area contributed by atoms with E-state index in [4.69, 9.17) is 9.47 Å². The quantitative estimate of drug-likeness (QED) is 0.693. The van der Waals surface area contributed by atoms with E-state index in [1.54, 1.807) is 18.2 Å². The number of anilines is 1. The average molecular weight is 455 g/mol. The van der Waals surface area contributed by atoms with Crippen LogP contribution in [0.15, 0.2) is 24.3 Å². The molecule has 2 amide bonds. The topological polar surface area (TPSA) is 84.9 Å². The molecule has 2 fully saturated rings. The molecule has 3 heterocycles. The lowest BCUT2D eigenvalue weighted by Gasteiger charge is -2.31. The van der Waals surface area contributed by atoms with Crippen molar-refractivity contribution in [3.8, 4) is 11.5 Å². The number of ketones is 1. The second-order valence-electron chi connectivity index (χ2n) is 8.68. The molecular weight excluding hydrogens is 428 g/mol. The third-order valence-electron chi connectivity index (χ3n) is 6.29. The standard InChI is InChI=1S/C24H26N2O5S/c1-14-12-20(25-23(28)16-2-3-16)32-22(14)24(29)26-8-6-15(7-9-26)21(27)17-4-5-18-19(13-17)31-11-10-30-18/h4-5,12-13,15-16H,2-3,6-11H2,1H3,(H,25,28). The van der Waals surface area contributed by atoms with Gasteiger partial charge in [0.2, 0.25) is 5.91 Å². The zero-order chi connectivity index (χ0) is 22.2. The Kier molecular flexibility index (Phi) is 5.63. The van der Waals surface area contributed by atoms with E-state index in [2.05, 4.69) is 5.32 Å². The van der Waals surface area contributed by atoms with Crippen molar-refractivity contribution in [2.45, 2.75) is 32.6 Å². The molecule has 0 spiro atoms. The minimum atomic E-state index is -0.112. The number of carbonyl (C=O) groups excluding carboxylic acids is 3. The fourth-order valence-electron chi connectivity index (χ4n) is 4.25. The maximum absolute atomic E-state index is 13.1. The fraction of sp³-hybridized carbons (Fsp3) is 0.458. The van der Waals surface area contributed by atoms with Crippen molar-refractivity contribution in [1.82, 2.24) is 4.90 Å². The van der Waals surface area contributed by atoms with Crippen molar-refractivity contribution in [3.63, 3.8) is 0 Å². The van der Waals surface area contributed by atoms with Crippen LogP contribution in [0.3, 0.4) is 0 Å². The van der Waals surface area contributed by atoms with Crippen molar-refractivity contribution < 1.29 is 23.9 Å². The first-order valence-electron chi connectivity index (χ1n) is 11.1. The van der Waals surface area contributed by atoms with Gasteiger partial charge in [-0.1, -0.05) is 0 Å². The fourth-order valence-corrected chi connectivity index (χ4v) is 5.29. The first-order valence-corrected chi connectivity index (χ1v) is 12.0. The van der Waals surface area contributed by atoms with E-state index in [9.17, 15) is 14.4 Å². The third kappa shape index (κ3) is 4.24. The van der Waals surface area contributed by atoms with Crippen LogP contribution in [0.4, 0.5) is 5.00 Å². The number of hydrogen-bond acceptors (Lipinski definition) is 6. The largest absolute Gasteiger partial charge is 0.486 e. The van der Waals surface area contributed by atoms with Gasteiger partial charge in [-0.15, -0.1) is 11.3 Å². The molecule has 1 saturated heterocycles. The van der Waals surface area contributed by atoms with Crippen LogP contribution in [0.25, 0.3) is 0 Å². The Bertz CT molecular complexity index is 1070.